The van der Waals surface area contributed by atoms with Crippen LogP contribution in [0.3, 0.4) is 0 Å². The van der Waals surface area contributed by atoms with E-state index in [1.54, 1.807) is 14.2 Å². The fourth-order valence-electron chi connectivity index (χ4n) is 3.21. The summed E-state index contributed by atoms with van der Waals surface area (Å²) in [7, 11) is 3.23. The van der Waals surface area contributed by atoms with Gasteiger partial charge in [0.25, 0.3) is 5.56 Å². The number of ether oxygens (including phenoxy) is 3. The Balaban J connectivity index is 1.67. The summed E-state index contributed by atoms with van der Waals surface area (Å²) in [6.45, 7) is 2.11. The maximum Gasteiger partial charge on any atom is 0.273 e. The molecule has 4 aromatic rings. The number of hydrogen-bond donors (Lipinski definition) is 1. The molecule has 4 rings (SSSR count). The van der Waals surface area contributed by atoms with Crippen molar-refractivity contribution in [3.63, 3.8) is 0 Å². The monoisotopic (exact) mass is 391 g/mol. The van der Waals surface area contributed by atoms with E-state index in [-0.39, 0.29) is 12.2 Å². The second-order valence-corrected chi connectivity index (χ2v) is 6.52. The van der Waals surface area contributed by atoms with E-state index in [4.69, 9.17) is 14.2 Å². The SMILES string of the molecule is COc1ccc(OCc2cc(=O)n3[nH]c(-c4ccccc4OC)c(C)c3n2)cc1. The van der Waals surface area contributed by atoms with E-state index < -0.39 is 0 Å². The Kier molecular flexibility index (Phi) is 4.95. The number of rotatable bonds is 6. The molecule has 0 unspecified atom stereocenters. The highest BCUT2D eigenvalue weighted by atomic mass is 16.5. The molecule has 7 nitrogen and oxygen atoms in total. The molecule has 0 saturated carbocycles. The summed E-state index contributed by atoms with van der Waals surface area (Å²) < 4.78 is 17.8. The van der Waals surface area contributed by atoms with Gasteiger partial charge in [0.05, 0.1) is 25.6 Å². The highest BCUT2D eigenvalue weighted by Gasteiger charge is 2.16. The van der Waals surface area contributed by atoms with E-state index in [2.05, 4.69) is 10.1 Å². The van der Waals surface area contributed by atoms with E-state index in [9.17, 15) is 4.79 Å². The van der Waals surface area contributed by atoms with E-state index in [0.717, 1.165) is 28.3 Å². The molecule has 0 aliphatic rings. The van der Waals surface area contributed by atoms with Crippen molar-refractivity contribution >= 4 is 5.65 Å². The molecule has 0 radical (unpaired) electrons. The van der Waals surface area contributed by atoms with Gasteiger partial charge in [-0.05, 0) is 43.3 Å². The van der Waals surface area contributed by atoms with Crippen molar-refractivity contribution in [3.8, 4) is 28.5 Å². The maximum atomic E-state index is 12.6. The van der Waals surface area contributed by atoms with E-state index in [1.807, 2.05) is 55.5 Å². The van der Waals surface area contributed by atoms with Crippen LogP contribution in [0.25, 0.3) is 16.9 Å². The summed E-state index contributed by atoms with van der Waals surface area (Å²) in [4.78, 5) is 17.3. The van der Waals surface area contributed by atoms with Gasteiger partial charge < -0.3 is 14.2 Å². The molecule has 0 amide bonds. The third-order valence-electron chi connectivity index (χ3n) is 4.73. The number of nitrogens with one attached hydrogen (secondary N) is 1. The minimum absolute atomic E-state index is 0.187. The molecule has 0 saturated heterocycles. The molecular formula is C22H21N3O4. The zero-order chi connectivity index (χ0) is 20.4. The summed E-state index contributed by atoms with van der Waals surface area (Å²) >= 11 is 0. The number of methoxy groups -OCH3 is 2. The molecule has 2 heterocycles. The number of H-pyrrole nitrogens is 1. The molecule has 29 heavy (non-hydrogen) atoms. The molecule has 0 fully saturated rings. The number of hydrogen-bond acceptors (Lipinski definition) is 5. The van der Waals surface area contributed by atoms with Crippen molar-refractivity contribution < 1.29 is 14.2 Å². The first-order valence-corrected chi connectivity index (χ1v) is 9.12. The topological polar surface area (TPSA) is 77.8 Å². The Labute approximate surface area is 167 Å². The Hall–Kier alpha value is -3.74. The average molecular weight is 391 g/mol. The minimum atomic E-state index is -0.201. The molecule has 0 aliphatic carbocycles. The first kappa shape index (κ1) is 18.6. The molecule has 148 valence electrons. The fraction of sp³-hybridized carbons (Fsp3) is 0.182. The molecular weight excluding hydrogens is 370 g/mol. The molecule has 0 bridgehead atoms. The lowest BCUT2D eigenvalue weighted by Crippen LogP contribution is -2.16. The number of fused-ring (bicyclic) bond motifs is 1. The Morgan fingerprint density at radius 1 is 1.00 bits per heavy atom. The zero-order valence-electron chi connectivity index (χ0n) is 16.4. The Morgan fingerprint density at radius 3 is 2.45 bits per heavy atom. The van der Waals surface area contributed by atoms with Gasteiger partial charge in [-0.2, -0.15) is 0 Å². The van der Waals surface area contributed by atoms with Crippen molar-refractivity contribution in [2.24, 2.45) is 0 Å². The van der Waals surface area contributed by atoms with Gasteiger partial charge in [-0.1, -0.05) is 12.1 Å². The average Bonchev–Trinajstić information content (AvgIpc) is 3.09. The van der Waals surface area contributed by atoms with Crippen LogP contribution in [0.2, 0.25) is 0 Å². The highest BCUT2D eigenvalue weighted by Crippen LogP contribution is 2.31. The summed E-state index contributed by atoms with van der Waals surface area (Å²) in [6.07, 6.45) is 0. The van der Waals surface area contributed by atoms with Crippen LogP contribution >= 0.6 is 0 Å². The molecule has 0 aliphatic heterocycles. The van der Waals surface area contributed by atoms with Crippen molar-refractivity contribution in [1.82, 2.24) is 14.6 Å². The summed E-state index contributed by atoms with van der Waals surface area (Å²) in [6, 6.07) is 16.4. The standard InChI is InChI=1S/C22H21N3O4/c1-14-21(18-6-4-5-7-19(18)28-3)24-25-20(26)12-15(23-22(14)25)13-29-17-10-8-16(27-2)9-11-17/h4-12,24H,13H2,1-3H3. The van der Waals surface area contributed by atoms with Crippen LogP contribution < -0.4 is 19.8 Å². The third-order valence-corrected chi connectivity index (χ3v) is 4.73. The highest BCUT2D eigenvalue weighted by molar-refractivity contribution is 5.74. The van der Waals surface area contributed by atoms with Crippen molar-refractivity contribution in [3.05, 3.63) is 76.2 Å². The smallest absolute Gasteiger partial charge is 0.273 e. The van der Waals surface area contributed by atoms with Gasteiger partial charge >= 0.3 is 0 Å². The number of aromatic amines is 1. The summed E-state index contributed by atoms with van der Waals surface area (Å²) in [5, 5.41) is 3.14. The van der Waals surface area contributed by atoms with Crippen LogP contribution in [0.1, 0.15) is 11.3 Å². The van der Waals surface area contributed by atoms with Gasteiger partial charge in [-0.25, -0.2) is 9.50 Å². The molecule has 1 N–H and O–H groups in total. The first-order chi connectivity index (χ1) is 14.1. The number of benzene rings is 2. The predicted octanol–water partition coefficient (Wildman–Crippen LogP) is 3.59. The lowest BCUT2D eigenvalue weighted by atomic mass is 10.1. The van der Waals surface area contributed by atoms with Crippen LogP contribution in [-0.4, -0.2) is 28.8 Å². The van der Waals surface area contributed by atoms with Crippen molar-refractivity contribution in [2.75, 3.05) is 14.2 Å². The van der Waals surface area contributed by atoms with Crippen LogP contribution in [0.4, 0.5) is 0 Å². The predicted molar refractivity (Wildman–Crippen MR) is 110 cm³/mol. The van der Waals surface area contributed by atoms with Gasteiger partial charge in [0.2, 0.25) is 0 Å². The third kappa shape index (κ3) is 3.54. The van der Waals surface area contributed by atoms with Gasteiger partial charge in [0.1, 0.15) is 23.9 Å². The Bertz CT molecular complexity index is 1210. The van der Waals surface area contributed by atoms with Crippen LogP contribution in [-0.2, 0) is 6.61 Å². The Morgan fingerprint density at radius 2 is 1.72 bits per heavy atom. The normalized spacial score (nSPS) is 10.9. The summed E-state index contributed by atoms with van der Waals surface area (Å²) in [5.74, 6) is 2.15. The first-order valence-electron chi connectivity index (χ1n) is 9.12. The molecule has 0 atom stereocenters. The number of para-hydroxylation sites is 1. The lowest BCUT2D eigenvalue weighted by molar-refractivity contribution is 0.300. The van der Waals surface area contributed by atoms with Crippen LogP contribution in [0, 0.1) is 6.92 Å². The quantitative estimate of drug-likeness (QED) is 0.543. The van der Waals surface area contributed by atoms with Gasteiger partial charge in [-0.15, -0.1) is 0 Å². The van der Waals surface area contributed by atoms with E-state index in [0.29, 0.717) is 17.1 Å². The zero-order valence-corrected chi connectivity index (χ0v) is 16.4. The van der Waals surface area contributed by atoms with Gasteiger partial charge in [0, 0.05) is 17.2 Å². The van der Waals surface area contributed by atoms with Gasteiger partial charge in [0.15, 0.2) is 5.65 Å². The number of nitrogens with zero attached hydrogens (tertiary/aromatic N) is 2. The van der Waals surface area contributed by atoms with Gasteiger partial charge in [-0.3, -0.25) is 9.89 Å². The summed E-state index contributed by atoms with van der Waals surface area (Å²) in [5.41, 5.74) is 3.44. The lowest BCUT2D eigenvalue weighted by Gasteiger charge is -2.07. The van der Waals surface area contributed by atoms with Crippen LogP contribution in [0.5, 0.6) is 17.2 Å². The molecule has 0 spiro atoms. The molecule has 7 heteroatoms. The second kappa shape index (κ2) is 7.71. The largest absolute Gasteiger partial charge is 0.497 e. The van der Waals surface area contributed by atoms with E-state index in [1.165, 1.54) is 10.6 Å². The van der Waals surface area contributed by atoms with Crippen molar-refractivity contribution in [2.45, 2.75) is 13.5 Å². The minimum Gasteiger partial charge on any atom is -0.497 e. The molecule has 2 aromatic heterocycles. The molecule has 2 aromatic carbocycles. The van der Waals surface area contributed by atoms with Crippen LogP contribution in [0.15, 0.2) is 59.4 Å². The van der Waals surface area contributed by atoms with E-state index >= 15 is 0 Å². The van der Waals surface area contributed by atoms with Crippen molar-refractivity contribution in [1.29, 1.82) is 0 Å². The number of aromatic nitrogens is 3. The second-order valence-electron chi connectivity index (χ2n) is 6.52. The maximum absolute atomic E-state index is 12.6. The number of aryl methyl sites for hydroxylation is 1. The fourth-order valence-corrected chi connectivity index (χ4v) is 3.21.